The second-order valence-corrected chi connectivity index (χ2v) is 11.5. The van der Waals surface area contributed by atoms with Crippen molar-refractivity contribution in [2.45, 2.75) is 36.9 Å². The molecule has 1 fully saturated rings. The Hall–Kier alpha value is -2.79. The van der Waals surface area contributed by atoms with Crippen molar-refractivity contribution in [3.05, 3.63) is 87.3 Å². The lowest BCUT2D eigenvalue weighted by atomic mass is 9.98. The van der Waals surface area contributed by atoms with E-state index in [2.05, 4.69) is 5.32 Å². The summed E-state index contributed by atoms with van der Waals surface area (Å²) in [4.78, 5) is 26.9. The van der Waals surface area contributed by atoms with Gasteiger partial charge in [-0.3, -0.25) is 9.59 Å². The number of benzene rings is 2. The van der Waals surface area contributed by atoms with Crippen molar-refractivity contribution in [1.82, 2.24) is 9.62 Å². The molecular weight excluding hydrogens is 527 g/mol. The number of carbonyl (C=O) groups is 2. The average Bonchev–Trinajstić information content (AvgIpc) is 3.52. The summed E-state index contributed by atoms with van der Waals surface area (Å²) < 4.78 is 47.5. The highest BCUT2D eigenvalue weighted by atomic mass is 35.5. The number of amides is 1. The highest BCUT2D eigenvalue weighted by Crippen LogP contribution is 2.46. The average molecular weight is 551 g/mol. The van der Waals surface area contributed by atoms with Crippen LogP contribution in [0.4, 0.5) is 4.39 Å². The summed E-state index contributed by atoms with van der Waals surface area (Å²) in [6.45, 7) is 1.86. The maximum atomic E-state index is 13.9. The van der Waals surface area contributed by atoms with E-state index in [1.54, 1.807) is 24.4 Å². The molecule has 1 amide bonds. The lowest BCUT2D eigenvalue weighted by molar-refractivity contribution is -0.148. The van der Waals surface area contributed by atoms with E-state index in [1.807, 2.05) is 0 Å². The minimum Gasteiger partial charge on any atom is -0.466 e. The highest BCUT2D eigenvalue weighted by molar-refractivity contribution is 7.89. The van der Waals surface area contributed by atoms with Crippen LogP contribution in [-0.2, 0) is 30.9 Å². The van der Waals surface area contributed by atoms with Crippen LogP contribution in [0.25, 0.3) is 0 Å². The Kier molecular flexibility index (Phi) is 8.09. The number of sulfonamides is 1. The monoisotopic (exact) mass is 550 g/mol. The molecule has 3 atom stereocenters. The van der Waals surface area contributed by atoms with Gasteiger partial charge in [0, 0.05) is 16.4 Å². The molecule has 2 heterocycles. The summed E-state index contributed by atoms with van der Waals surface area (Å²) in [5.74, 6) is -2.42. The van der Waals surface area contributed by atoms with Crippen LogP contribution in [0.1, 0.15) is 29.8 Å². The topological polar surface area (TPSA) is 92.8 Å². The lowest BCUT2D eigenvalue weighted by Gasteiger charge is -2.29. The highest BCUT2D eigenvalue weighted by Gasteiger charge is 2.54. The zero-order chi connectivity index (χ0) is 25.9. The summed E-state index contributed by atoms with van der Waals surface area (Å²) >= 11 is 7.26. The summed E-state index contributed by atoms with van der Waals surface area (Å²) in [7, 11) is -4.23. The van der Waals surface area contributed by atoms with Crippen LogP contribution in [0.2, 0.25) is 5.02 Å². The molecule has 4 rings (SSSR count). The smallest absolute Gasteiger partial charge is 0.311 e. The number of hydrogen-bond acceptors (Lipinski definition) is 6. The van der Waals surface area contributed by atoms with Gasteiger partial charge in [-0.15, -0.1) is 11.3 Å². The molecule has 1 aliphatic heterocycles. The number of esters is 1. The van der Waals surface area contributed by atoms with Crippen LogP contribution in [-0.4, -0.2) is 37.2 Å². The lowest BCUT2D eigenvalue weighted by Crippen LogP contribution is -2.46. The first-order chi connectivity index (χ1) is 17.2. The molecule has 11 heteroatoms. The fourth-order valence-corrected chi connectivity index (χ4v) is 7.16. The third-order valence-corrected chi connectivity index (χ3v) is 9.03. The maximum Gasteiger partial charge on any atom is 0.311 e. The Bertz CT molecular complexity index is 1320. The van der Waals surface area contributed by atoms with Crippen LogP contribution in [0.3, 0.4) is 0 Å². The number of halogens is 2. The van der Waals surface area contributed by atoms with Crippen LogP contribution >= 0.6 is 22.9 Å². The van der Waals surface area contributed by atoms with Gasteiger partial charge in [0.15, 0.2) is 0 Å². The molecule has 7 nitrogen and oxygen atoms in total. The van der Waals surface area contributed by atoms with Crippen molar-refractivity contribution in [2.24, 2.45) is 5.92 Å². The second kappa shape index (κ2) is 11.1. The van der Waals surface area contributed by atoms with Crippen molar-refractivity contribution in [3.8, 4) is 0 Å². The van der Waals surface area contributed by atoms with E-state index < -0.39 is 45.7 Å². The predicted octanol–water partition coefficient (Wildman–Crippen LogP) is 4.54. The summed E-state index contributed by atoms with van der Waals surface area (Å²) in [5, 5.41) is 4.89. The van der Waals surface area contributed by atoms with E-state index in [1.165, 1.54) is 59.9 Å². The molecule has 36 heavy (non-hydrogen) atoms. The molecule has 1 N–H and O–H groups in total. The molecule has 190 valence electrons. The Morgan fingerprint density at radius 1 is 1.14 bits per heavy atom. The number of thiophene rings is 1. The van der Waals surface area contributed by atoms with E-state index in [4.69, 9.17) is 16.3 Å². The first kappa shape index (κ1) is 26.3. The van der Waals surface area contributed by atoms with E-state index in [-0.39, 0.29) is 24.5 Å². The third kappa shape index (κ3) is 5.46. The molecule has 0 saturated carbocycles. The van der Waals surface area contributed by atoms with Crippen molar-refractivity contribution in [1.29, 1.82) is 0 Å². The molecule has 0 bridgehead atoms. The van der Waals surface area contributed by atoms with Gasteiger partial charge in [-0.25, -0.2) is 12.8 Å². The number of hydrogen-bond donors (Lipinski definition) is 1. The van der Waals surface area contributed by atoms with Crippen molar-refractivity contribution >= 4 is 44.8 Å². The van der Waals surface area contributed by atoms with Gasteiger partial charge < -0.3 is 10.1 Å². The van der Waals surface area contributed by atoms with Gasteiger partial charge in [-0.05, 0) is 66.8 Å². The normalized spacial score (nSPS) is 20.2. The molecular formula is C25H24ClFN2O5S2. The number of ether oxygens (including phenoxy) is 1. The first-order valence-electron chi connectivity index (χ1n) is 11.2. The van der Waals surface area contributed by atoms with Crippen molar-refractivity contribution in [3.63, 3.8) is 0 Å². The molecule has 3 unspecified atom stereocenters. The SMILES string of the molecule is CCOC(=O)C1CC(C(=O)NCc2ccc(F)cc2)N(S(=O)(=O)c2ccc(Cl)cc2)C1c1cccs1. The summed E-state index contributed by atoms with van der Waals surface area (Å²) in [5.41, 5.74) is 0.645. The molecule has 1 aromatic heterocycles. The van der Waals surface area contributed by atoms with Gasteiger partial charge in [-0.1, -0.05) is 29.8 Å². The quantitative estimate of drug-likeness (QED) is 0.416. The molecule has 0 aliphatic carbocycles. The van der Waals surface area contributed by atoms with Crippen LogP contribution in [0.15, 0.2) is 70.9 Å². The molecule has 1 saturated heterocycles. The number of rotatable bonds is 8. The minimum absolute atomic E-state index is 0.0469. The standard InChI is InChI=1S/C25H24ClFN2O5S2/c1-2-34-25(31)20-14-21(24(30)28-15-16-5-9-18(27)10-6-16)29(23(20)22-4-3-13-35-22)36(32,33)19-11-7-17(26)8-12-19/h3-13,20-21,23H,2,14-15H2,1H3,(H,28,30). The third-order valence-electron chi connectivity index (χ3n) is 5.94. The van der Waals surface area contributed by atoms with E-state index in [0.29, 0.717) is 15.5 Å². The van der Waals surface area contributed by atoms with Crippen molar-refractivity contribution in [2.75, 3.05) is 6.61 Å². The van der Waals surface area contributed by atoms with Crippen LogP contribution in [0, 0.1) is 11.7 Å². The van der Waals surface area contributed by atoms with Gasteiger partial charge in [-0.2, -0.15) is 4.31 Å². The molecule has 1 aliphatic rings. The van der Waals surface area contributed by atoms with Crippen LogP contribution in [0.5, 0.6) is 0 Å². The van der Waals surface area contributed by atoms with Gasteiger partial charge >= 0.3 is 5.97 Å². The largest absolute Gasteiger partial charge is 0.466 e. The van der Waals surface area contributed by atoms with E-state index in [9.17, 15) is 22.4 Å². The van der Waals surface area contributed by atoms with Gasteiger partial charge in [0.05, 0.1) is 23.5 Å². The van der Waals surface area contributed by atoms with Gasteiger partial charge in [0.2, 0.25) is 15.9 Å². The van der Waals surface area contributed by atoms with E-state index in [0.717, 1.165) is 4.31 Å². The van der Waals surface area contributed by atoms with Crippen LogP contribution < -0.4 is 5.32 Å². The number of carbonyl (C=O) groups excluding carboxylic acids is 2. The van der Waals surface area contributed by atoms with Crippen molar-refractivity contribution < 1.29 is 27.1 Å². The fourth-order valence-electron chi connectivity index (χ4n) is 4.28. The fraction of sp³-hybridized carbons (Fsp3) is 0.280. The number of nitrogens with one attached hydrogen (secondary N) is 1. The van der Waals surface area contributed by atoms with E-state index >= 15 is 0 Å². The zero-order valence-corrected chi connectivity index (χ0v) is 21.7. The summed E-state index contributed by atoms with van der Waals surface area (Å²) in [6, 6.07) is 12.7. The first-order valence-corrected chi connectivity index (χ1v) is 13.9. The number of nitrogens with zero attached hydrogens (tertiary/aromatic N) is 1. The second-order valence-electron chi connectivity index (χ2n) is 8.20. The zero-order valence-electron chi connectivity index (χ0n) is 19.3. The molecule has 3 aromatic rings. The predicted molar refractivity (Wildman–Crippen MR) is 134 cm³/mol. The Morgan fingerprint density at radius 3 is 2.44 bits per heavy atom. The molecule has 0 radical (unpaired) electrons. The van der Waals surface area contributed by atoms with Gasteiger partial charge in [0.25, 0.3) is 0 Å². The Morgan fingerprint density at radius 2 is 1.83 bits per heavy atom. The molecule has 2 aromatic carbocycles. The minimum atomic E-state index is -4.23. The Labute approximate surface area is 217 Å². The summed E-state index contributed by atoms with van der Waals surface area (Å²) in [6.07, 6.45) is -0.0521. The molecule has 0 spiro atoms. The maximum absolute atomic E-state index is 13.9. The van der Waals surface area contributed by atoms with Gasteiger partial charge in [0.1, 0.15) is 11.9 Å². The Balaban J connectivity index is 1.73.